The second kappa shape index (κ2) is 6.82. The highest BCUT2D eigenvalue weighted by Crippen LogP contribution is 2.43. The quantitative estimate of drug-likeness (QED) is 0.734. The Balaban J connectivity index is 0.000000221. The molecule has 0 unspecified atom stereocenters. The summed E-state index contributed by atoms with van der Waals surface area (Å²) in [7, 11) is 1.67. The molecule has 0 aromatic carbocycles. The molecule has 4 heteroatoms. The lowest BCUT2D eigenvalue weighted by Gasteiger charge is -2.03. The first-order chi connectivity index (χ1) is 7.83. The lowest BCUT2D eigenvalue weighted by atomic mass is 10.2. The Morgan fingerprint density at radius 1 is 1.56 bits per heavy atom. The van der Waals surface area contributed by atoms with Gasteiger partial charge in [0.05, 0.1) is 13.7 Å². The molecule has 1 aliphatic rings. The number of hydrogen-bond donors (Lipinski definition) is 0. The number of carbonyl (C=O) groups excluding carboxylic acids is 1. The summed E-state index contributed by atoms with van der Waals surface area (Å²) in [6.07, 6.45) is 4.36. The first-order valence-electron chi connectivity index (χ1n) is 5.37. The summed E-state index contributed by atoms with van der Waals surface area (Å²) in [4.78, 5) is 13.3. The fourth-order valence-corrected chi connectivity index (χ4v) is 1.35. The summed E-state index contributed by atoms with van der Waals surface area (Å²) >= 11 is 0. The van der Waals surface area contributed by atoms with Crippen molar-refractivity contribution in [2.45, 2.75) is 25.7 Å². The molecule has 88 valence electrons. The summed E-state index contributed by atoms with van der Waals surface area (Å²) in [6.45, 7) is 2.66. The smallest absolute Gasteiger partial charge is 0.293 e. The number of nitrogens with zero attached hydrogens (tertiary/aromatic N) is 1. The molecular formula is C12H17NO3. The number of hydrogen-bond acceptors (Lipinski definition) is 4. The molecule has 2 rings (SSSR count). The van der Waals surface area contributed by atoms with Gasteiger partial charge in [0.15, 0.2) is 0 Å². The van der Waals surface area contributed by atoms with Gasteiger partial charge in [-0.2, -0.15) is 0 Å². The lowest BCUT2D eigenvalue weighted by molar-refractivity contribution is -0.128. The zero-order valence-electron chi connectivity index (χ0n) is 9.68. The molecule has 0 amide bonds. The average Bonchev–Trinajstić information content (AvgIpc) is 3.15. The van der Waals surface area contributed by atoms with Crippen molar-refractivity contribution >= 4 is 6.47 Å². The molecule has 1 saturated carbocycles. The van der Waals surface area contributed by atoms with E-state index in [1.54, 1.807) is 20.2 Å². The van der Waals surface area contributed by atoms with E-state index in [4.69, 9.17) is 4.74 Å². The Bertz CT molecular complexity index is 324. The minimum Gasteiger partial charge on any atom is -0.481 e. The van der Waals surface area contributed by atoms with Crippen molar-refractivity contribution in [2.24, 2.45) is 0 Å². The molecule has 0 spiro atoms. The first-order valence-corrected chi connectivity index (χ1v) is 5.37. The number of pyridine rings is 1. The molecular weight excluding hydrogens is 206 g/mol. The van der Waals surface area contributed by atoms with Gasteiger partial charge in [0.2, 0.25) is 5.88 Å². The largest absolute Gasteiger partial charge is 0.481 e. The summed E-state index contributed by atoms with van der Waals surface area (Å²) in [5, 5.41) is 0. The third kappa shape index (κ3) is 3.88. The Hall–Kier alpha value is -1.58. The van der Waals surface area contributed by atoms with Gasteiger partial charge >= 0.3 is 0 Å². The normalized spacial score (nSPS) is 13.4. The molecule has 1 aromatic heterocycles. The maximum absolute atomic E-state index is 9.18. The molecule has 1 fully saturated rings. The molecule has 4 nitrogen and oxygen atoms in total. The van der Waals surface area contributed by atoms with Crippen LogP contribution in [0.1, 0.15) is 31.2 Å². The zero-order chi connectivity index (χ0) is 11.8. The van der Waals surface area contributed by atoms with Crippen LogP contribution in [-0.4, -0.2) is 25.2 Å². The van der Waals surface area contributed by atoms with Gasteiger partial charge in [0.1, 0.15) is 0 Å². The standard InChI is InChI=1S/C9H11NO.C3H6O2/c1-11-9-8(7-4-5-7)3-2-6-10-9;1-2-5-3-4/h2-3,6-7H,4-5H2,1H3;3H,2H2,1H3. The van der Waals surface area contributed by atoms with Gasteiger partial charge < -0.3 is 9.47 Å². The van der Waals surface area contributed by atoms with Crippen LogP contribution in [0.25, 0.3) is 0 Å². The van der Waals surface area contributed by atoms with Gasteiger partial charge in [-0.15, -0.1) is 0 Å². The number of carbonyl (C=O) groups is 1. The van der Waals surface area contributed by atoms with Crippen molar-refractivity contribution in [3.63, 3.8) is 0 Å². The average molecular weight is 223 g/mol. The van der Waals surface area contributed by atoms with Gasteiger partial charge in [-0.25, -0.2) is 4.98 Å². The van der Waals surface area contributed by atoms with Crippen LogP contribution < -0.4 is 4.74 Å². The topological polar surface area (TPSA) is 48.4 Å². The Kier molecular flexibility index (Phi) is 5.32. The Labute approximate surface area is 95.6 Å². The summed E-state index contributed by atoms with van der Waals surface area (Å²) in [6, 6.07) is 4.07. The first kappa shape index (κ1) is 12.5. The molecule has 1 aromatic rings. The SMILES string of the molecule is CCOC=O.COc1ncccc1C1CC1. The number of rotatable bonds is 4. The lowest BCUT2D eigenvalue weighted by Crippen LogP contribution is -1.91. The van der Waals surface area contributed by atoms with Crippen molar-refractivity contribution in [1.29, 1.82) is 0 Å². The third-order valence-corrected chi connectivity index (χ3v) is 2.25. The second-order valence-corrected chi connectivity index (χ2v) is 3.43. The molecule has 0 N–H and O–H groups in total. The van der Waals surface area contributed by atoms with Crippen molar-refractivity contribution in [1.82, 2.24) is 4.98 Å². The minimum absolute atomic E-state index is 0.431. The van der Waals surface area contributed by atoms with E-state index < -0.39 is 0 Å². The van der Waals surface area contributed by atoms with Gasteiger partial charge in [-0.05, 0) is 31.7 Å². The molecule has 16 heavy (non-hydrogen) atoms. The third-order valence-electron chi connectivity index (χ3n) is 2.25. The van der Waals surface area contributed by atoms with Crippen molar-refractivity contribution in [2.75, 3.05) is 13.7 Å². The summed E-state index contributed by atoms with van der Waals surface area (Å²) in [5.41, 5.74) is 1.27. The van der Waals surface area contributed by atoms with Crippen LogP contribution in [0.3, 0.4) is 0 Å². The van der Waals surface area contributed by atoms with Gasteiger partial charge in [0, 0.05) is 11.8 Å². The molecule has 0 saturated heterocycles. The van der Waals surface area contributed by atoms with E-state index in [0.29, 0.717) is 13.1 Å². The molecule has 0 radical (unpaired) electrons. The fraction of sp³-hybridized carbons (Fsp3) is 0.500. The highest BCUT2D eigenvalue weighted by atomic mass is 16.5. The zero-order valence-corrected chi connectivity index (χ0v) is 9.68. The maximum atomic E-state index is 9.18. The Morgan fingerprint density at radius 2 is 2.31 bits per heavy atom. The Morgan fingerprint density at radius 3 is 2.75 bits per heavy atom. The van der Waals surface area contributed by atoms with E-state index in [-0.39, 0.29) is 0 Å². The van der Waals surface area contributed by atoms with Crippen LogP contribution in [0.2, 0.25) is 0 Å². The van der Waals surface area contributed by atoms with E-state index in [2.05, 4.69) is 15.8 Å². The van der Waals surface area contributed by atoms with E-state index in [1.807, 2.05) is 6.07 Å². The van der Waals surface area contributed by atoms with E-state index in [1.165, 1.54) is 18.4 Å². The van der Waals surface area contributed by atoms with Crippen LogP contribution in [0.4, 0.5) is 0 Å². The predicted octanol–water partition coefficient (Wildman–Crippen LogP) is 2.15. The highest BCUT2D eigenvalue weighted by Gasteiger charge is 2.26. The van der Waals surface area contributed by atoms with Crippen LogP contribution in [0, 0.1) is 0 Å². The van der Waals surface area contributed by atoms with Crippen LogP contribution in [0.5, 0.6) is 5.88 Å². The summed E-state index contributed by atoms with van der Waals surface area (Å²) in [5.74, 6) is 1.52. The molecule has 1 heterocycles. The molecule has 1 aliphatic carbocycles. The predicted molar refractivity (Wildman–Crippen MR) is 60.5 cm³/mol. The van der Waals surface area contributed by atoms with Gasteiger partial charge in [-0.1, -0.05) is 6.07 Å². The number of ether oxygens (including phenoxy) is 2. The molecule has 0 atom stereocenters. The monoisotopic (exact) mass is 223 g/mol. The van der Waals surface area contributed by atoms with Crippen molar-refractivity contribution in [3.8, 4) is 5.88 Å². The second-order valence-electron chi connectivity index (χ2n) is 3.43. The molecule has 0 aliphatic heterocycles. The van der Waals surface area contributed by atoms with E-state index in [0.717, 1.165) is 11.8 Å². The summed E-state index contributed by atoms with van der Waals surface area (Å²) < 4.78 is 9.29. The maximum Gasteiger partial charge on any atom is 0.293 e. The van der Waals surface area contributed by atoms with E-state index >= 15 is 0 Å². The fourth-order valence-electron chi connectivity index (χ4n) is 1.35. The number of aromatic nitrogens is 1. The number of methoxy groups -OCH3 is 1. The van der Waals surface area contributed by atoms with Crippen LogP contribution in [0.15, 0.2) is 18.3 Å². The van der Waals surface area contributed by atoms with Gasteiger partial charge in [0.25, 0.3) is 6.47 Å². The van der Waals surface area contributed by atoms with Gasteiger partial charge in [-0.3, -0.25) is 4.79 Å². The highest BCUT2D eigenvalue weighted by molar-refractivity contribution is 5.36. The molecule has 0 bridgehead atoms. The van der Waals surface area contributed by atoms with E-state index in [9.17, 15) is 4.79 Å². The van der Waals surface area contributed by atoms with Crippen LogP contribution in [-0.2, 0) is 9.53 Å². The minimum atomic E-state index is 0.431. The van der Waals surface area contributed by atoms with Crippen molar-refractivity contribution < 1.29 is 14.3 Å². The van der Waals surface area contributed by atoms with Crippen LogP contribution >= 0.6 is 0 Å². The van der Waals surface area contributed by atoms with Crippen molar-refractivity contribution in [3.05, 3.63) is 23.9 Å².